The highest BCUT2D eigenvalue weighted by Crippen LogP contribution is 2.36. The summed E-state index contributed by atoms with van der Waals surface area (Å²) in [6.45, 7) is 2.33. The van der Waals surface area contributed by atoms with Crippen molar-refractivity contribution in [2.75, 3.05) is 20.2 Å². The zero-order valence-electron chi connectivity index (χ0n) is 17.1. The number of benzene rings is 2. The van der Waals surface area contributed by atoms with E-state index in [0.29, 0.717) is 23.4 Å². The number of ether oxygens (including phenoxy) is 1. The standard InChI is InChI=1S/C23H24F3N3O2/c1-31-21-8-7-15(10-20(21)30)13-29-9-3-5-17(14-29)22-19(12-27-28-22)16-4-2-6-18(11-16)23(24,25)26/h2,4,6-8,10-12,17,30H,3,5,9,13-14H2,1H3,(H,27,28). The van der Waals surface area contributed by atoms with Gasteiger partial charge in [0, 0.05) is 30.3 Å². The van der Waals surface area contributed by atoms with Gasteiger partial charge in [-0.2, -0.15) is 18.3 Å². The molecule has 0 spiro atoms. The summed E-state index contributed by atoms with van der Waals surface area (Å²) in [5.41, 5.74) is 2.39. The van der Waals surface area contributed by atoms with Crippen molar-refractivity contribution in [1.29, 1.82) is 0 Å². The fourth-order valence-corrected chi connectivity index (χ4v) is 4.23. The molecule has 2 aromatic carbocycles. The molecule has 0 amide bonds. The molecule has 2 N–H and O–H groups in total. The van der Waals surface area contributed by atoms with Crippen molar-refractivity contribution in [3.8, 4) is 22.6 Å². The summed E-state index contributed by atoms with van der Waals surface area (Å²) in [5.74, 6) is 0.671. The van der Waals surface area contributed by atoms with Crippen molar-refractivity contribution in [2.24, 2.45) is 0 Å². The van der Waals surface area contributed by atoms with Gasteiger partial charge >= 0.3 is 6.18 Å². The number of piperidine rings is 1. The van der Waals surface area contributed by atoms with Crippen LogP contribution in [0.3, 0.4) is 0 Å². The van der Waals surface area contributed by atoms with E-state index in [-0.39, 0.29) is 11.7 Å². The Bertz CT molecular complexity index is 1050. The number of phenolic OH excluding ortho intramolecular Hbond substituents is 1. The molecule has 164 valence electrons. The zero-order chi connectivity index (χ0) is 22.0. The maximum absolute atomic E-state index is 13.1. The molecular weight excluding hydrogens is 407 g/mol. The third-order valence-corrected chi connectivity index (χ3v) is 5.73. The number of nitrogens with one attached hydrogen (secondary N) is 1. The molecule has 5 nitrogen and oxygen atoms in total. The van der Waals surface area contributed by atoms with Gasteiger partial charge in [0.2, 0.25) is 0 Å². The smallest absolute Gasteiger partial charge is 0.416 e. The number of aromatic amines is 1. The number of hydrogen-bond donors (Lipinski definition) is 2. The quantitative estimate of drug-likeness (QED) is 0.584. The fraction of sp³-hybridized carbons (Fsp3) is 0.348. The molecule has 31 heavy (non-hydrogen) atoms. The number of hydrogen-bond acceptors (Lipinski definition) is 4. The number of nitrogens with zero attached hydrogens (tertiary/aromatic N) is 2. The van der Waals surface area contributed by atoms with E-state index >= 15 is 0 Å². The highest BCUT2D eigenvalue weighted by atomic mass is 19.4. The van der Waals surface area contributed by atoms with Crippen molar-refractivity contribution in [2.45, 2.75) is 31.5 Å². The second kappa shape index (κ2) is 8.63. The van der Waals surface area contributed by atoms with E-state index in [1.165, 1.54) is 19.2 Å². The van der Waals surface area contributed by atoms with Crippen LogP contribution in [0.4, 0.5) is 13.2 Å². The van der Waals surface area contributed by atoms with E-state index in [1.54, 1.807) is 24.4 Å². The van der Waals surface area contributed by atoms with Crippen LogP contribution < -0.4 is 4.74 Å². The molecule has 8 heteroatoms. The number of rotatable bonds is 5. The van der Waals surface area contributed by atoms with Crippen LogP contribution in [-0.4, -0.2) is 40.4 Å². The maximum atomic E-state index is 13.1. The summed E-state index contributed by atoms with van der Waals surface area (Å²) in [6.07, 6.45) is -0.886. The molecule has 0 radical (unpaired) electrons. The molecular formula is C23H24F3N3O2. The highest BCUT2D eigenvalue weighted by molar-refractivity contribution is 5.66. The average Bonchev–Trinajstić information content (AvgIpc) is 3.24. The number of aromatic nitrogens is 2. The molecule has 1 aliphatic rings. The molecule has 3 aromatic rings. The predicted octanol–water partition coefficient (Wildman–Crippen LogP) is 5.19. The van der Waals surface area contributed by atoms with Crippen molar-refractivity contribution in [3.05, 3.63) is 65.5 Å². The van der Waals surface area contributed by atoms with Crippen LogP contribution in [0, 0.1) is 0 Å². The van der Waals surface area contributed by atoms with Gasteiger partial charge < -0.3 is 9.84 Å². The Morgan fingerprint density at radius 1 is 1.23 bits per heavy atom. The molecule has 0 bridgehead atoms. The van der Waals surface area contributed by atoms with Gasteiger partial charge in [-0.25, -0.2) is 0 Å². The third-order valence-electron chi connectivity index (χ3n) is 5.73. The SMILES string of the molecule is COc1ccc(CN2CCCC(c3[nH]ncc3-c3cccc(C(F)(F)F)c3)C2)cc1O. The van der Waals surface area contributed by atoms with Gasteiger partial charge in [-0.1, -0.05) is 18.2 Å². The van der Waals surface area contributed by atoms with Gasteiger partial charge in [0.25, 0.3) is 0 Å². The molecule has 1 fully saturated rings. The number of aromatic hydroxyl groups is 1. The van der Waals surface area contributed by atoms with Crippen LogP contribution in [0.15, 0.2) is 48.7 Å². The highest BCUT2D eigenvalue weighted by Gasteiger charge is 2.31. The summed E-state index contributed by atoms with van der Waals surface area (Å²) >= 11 is 0. The minimum atomic E-state index is -4.38. The maximum Gasteiger partial charge on any atom is 0.416 e. The van der Waals surface area contributed by atoms with Gasteiger partial charge in [0.1, 0.15) is 0 Å². The Morgan fingerprint density at radius 3 is 2.81 bits per heavy atom. The fourth-order valence-electron chi connectivity index (χ4n) is 4.23. The molecule has 0 aliphatic carbocycles. The van der Waals surface area contributed by atoms with Gasteiger partial charge in [-0.05, 0) is 54.8 Å². The van der Waals surface area contributed by atoms with Crippen molar-refractivity contribution in [1.82, 2.24) is 15.1 Å². The zero-order valence-corrected chi connectivity index (χ0v) is 17.1. The minimum Gasteiger partial charge on any atom is -0.504 e. The molecule has 1 atom stereocenters. The third kappa shape index (κ3) is 4.69. The Labute approximate surface area is 178 Å². The van der Waals surface area contributed by atoms with Gasteiger partial charge in [0.15, 0.2) is 11.5 Å². The van der Waals surface area contributed by atoms with Gasteiger partial charge in [-0.15, -0.1) is 0 Å². The molecule has 1 aromatic heterocycles. The van der Waals surface area contributed by atoms with Crippen molar-refractivity contribution >= 4 is 0 Å². The first-order valence-corrected chi connectivity index (χ1v) is 10.1. The van der Waals surface area contributed by atoms with E-state index in [2.05, 4.69) is 15.1 Å². The average molecular weight is 431 g/mol. The lowest BCUT2D eigenvalue weighted by Gasteiger charge is -2.32. The Morgan fingerprint density at radius 2 is 2.06 bits per heavy atom. The van der Waals surface area contributed by atoms with Crippen LogP contribution in [0.5, 0.6) is 11.5 Å². The largest absolute Gasteiger partial charge is 0.504 e. The number of phenols is 1. The molecule has 1 aliphatic heterocycles. The predicted molar refractivity (Wildman–Crippen MR) is 111 cm³/mol. The van der Waals surface area contributed by atoms with Crippen LogP contribution in [0.25, 0.3) is 11.1 Å². The van der Waals surface area contributed by atoms with E-state index in [4.69, 9.17) is 4.74 Å². The Hall–Kier alpha value is -3.00. The molecule has 0 saturated carbocycles. The van der Waals surface area contributed by atoms with Crippen LogP contribution >= 0.6 is 0 Å². The summed E-state index contributed by atoms with van der Waals surface area (Å²) in [7, 11) is 1.51. The second-order valence-corrected chi connectivity index (χ2v) is 7.86. The van der Waals surface area contributed by atoms with E-state index < -0.39 is 11.7 Å². The lowest BCUT2D eigenvalue weighted by atomic mass is 9.90. The normalized spacial score (nSPS) is 17.6. The molecule has 1 saturated heterocycles. The lowest BCUT2D eigenvalue weighted by Crippen LogP contribution is -2.34. The number of alkyl halides is 3. The first-order chi connectivity index (χ1) is 14.8. The number of H-pyrrole nitrogens is 1. The number of likely N-dealkylation sites (tertiary alicyclic amines) is 1. The van der Waals surface area contributed by atoms with Crippen LogP contribution in [-0.2, 0) is 12.7 Å². The first kappa shape index (κ1) is 21.2. The van der Waals surface area contributed by atoms with Crippen molar-refractivity contribution < 1.29 is 23.0 Å². The monoisotopic (exact) mass is 431 g/mol. The second-order valence-electron chi connectivity index (χ2n) is 7.86. The van der Waals surface area contributed by atoms with E-state index in [9.17, 15) is 18.3 Å². The molecule has 1 unspecified atom stereocenters. The minimum absolute atomic E-state index is 0.106. The van der Waals surface area contributed by atoms with E-state index in [1.807, 2.05) is 6.07 Å². The van der Waals surface area contributed by atoms with Crippen LogP contribution in [0.2, 0.25) is 0 Å². The van der Waals surface area contributed by atoms with Crippen LogP contribution in [0.1, 0.15) is 35.6 Å². The topological polar surface area (TPSA) is 61.4 Å². The van der Waals surface area contributed by atoms with Gasteiger partial charge in [-0.3, -0.25) is 10.00 Å². The summed E-state index contributed by atoms with van der Waals surface area (Å²) in [6, 6.07) is 10.7. The van der Waals surface area contributed by atoms with E-state index in [0.717, 1.165) is 43.3 Å². The van der Waals surface area contributed by atoms with Gasteiger partial charge in [0.05, 0.1) is 18.9 Å². The summed E-state index contributed by atoms with van der Waals surface area (Å²) < 4.78 is 44.5. The lowest BCUT2D eigenvalue weighted by molar-refractivity contribution is -0.137. The van der Waals surface area contributed by atoms with Crippen molar-refractivity contribution in [3.63, 3.8) is 0 Å². The Balaban J connectivity index is 1.52. The Kier molecular flexibility index (Phi) is 5.91. The molecule has 4 rings (SSSR count). The summed E-state index contributed by atoms with van der Waals surface area (Å²) in [5, 5.41) is 17.2. The first-order valence-electron chi connectivity index (χ1n) is 10.1. The number of methoxy groups -OCH3 is 1. The summed E-state index contributed by atoms with van der Waals surface area (Å²) in [4.78, 5) is 2.28. The molecule has 2 heterocycles. The number of halogens is 3.